The van der Waals surface area contributed by atoms with Crippen LogP contribution in [-0.4, -0.2) is 21.5 Å². The van der Waals surface area contributed by atoms with Crippen molar-refractivity contribution in [2.45, 2.75) is 46.2 Å². The minimum Gasteiger partial charge on any atom is -0.352 e. The van der Waals surface area contributed by atoms with E-state index in [1.165, 1.54) is 23.0 Å². The standard InChI is InChI=1S/C17H22FN3O2/c1-11(2)4-5-12(3)20-16(22)9-21-10-19-15-7-6-13(18)8-14(15)17(21)23/h6-8,10-12H,4-5,9H2,1-3H3,(H,20,22). The van der Waals surface area contributed by atoms with Crippen LogP contribution in [0.1, 0.15) is 33.6 Å². The molecule has 0 aliphatic carbocycles. The average Bonchev–Trinajstić information content (AvgIpc) is 2.48. The van der Waals surface area contributed by atoms with E-state index in [4.69, 9.17) is 0 Å². The van der Waals surface area contributed by atoms with Crippen molar-refractivity contribution >= 4 is 16.8 Å². The summed E-state index contributed by atoms with van der Waals surface area (Å²) in [6.45, 7) is 6.09. The van der Waals surface area contributed by atoms with Crippen molar-refractivity contribution in [3.05, 3.63) is 40.7 Å². The molecule has 1 aromatic carbocycles. The zero-order valence-corrected chi connectivity index (χ0v) is 13.7. The number of benzene rings is 1. The number of halogens is 1. The second-order valence-corrected chi connectivity index (χ2v) is 6.28. The first-order chi connectivity index (χ1) is 10.9. The van der Waals surface area contributed by atoms with Crippen molar-refractivity contribution in [3.8, 4) is 0 Å². The number of amides is 1. The summed E-state index contributed by atoms with van der Waals surface area (Å²) < 4.78 is 14.5. The molecule has 0 saturated heterocycles. The molecule has 23 heavy (non-hydrogen) atoms. The van der Waals surface area contributed by atoms with E-state index in [0.29, 0.717) is 11.4 Å². The van der Waals surface area contributed by atoms with E-state index in [-0.39, 0.29) is 23.9 Å². The summed E-state index contributed by atoms with van der Waals surface area (Å²) in [5, 5.41) is 3.04. The van der Waals surface area contributed by atoms with E-state index < -0.39 is 11.4 Å². The van der Waals surface area contributed by atoms with Crippen LogP contribution < -0.4 is 10.9 Å². The lowest BCUT2D eigenvalue weighted by molar-refractivity contribution is -0.122. The smallest absolute Gasteiger partial charge is 0.261 e. The van der Waals surface area contributed by atoms with Gasteiger partial charge in [-0.25, -0.2) is 9.37 Å². The van der Waals surface area contributed by atoms with Gasteiger partial charge in [0.2, 0.25) is 5.91 Å². The van der Waals surface area contributed by atoms with Crippen LogP contribution in [0.2, 0.25) is 0 Å². The SMILES string of the molecule is CC(C)CCC(C)NC(=O)Cn1cnc2ccc(F)cc2c1=O. The van der Waals surface area contributed by atoms with E-state index in [1.54, 1.807) is 0 Å². The Labute approximate surface area is 134 Å². The highest BCUT2D eigenvalue weighted by molar-refractivity contribution is 5.79. The molecule has 124 valence electrons. The average molecular weight is 319 g/mol. The molecular formula is C17H22FN3O2. The van der Waals surface area contributed by atoms with Gasteiger partial charge in [0.15, 0.2) is 0 Å². The second-order valence-electron chi connectivity index (χ2n) is 6.28. The number of nitrogens with zero attached hydrogens (tertiary/aromatic N) is 2. The number of carbonyl (C=O) groups excluding carboxylic acids is 1. The van der Waals surface area contributed by atoms with E-state index in [0.717, 1.165) is 18.9 Å². The fourth-order valence-corrected chi connectivity index (χ4v) is 2.37. The molecule has 1 heterocycles. The monoisotopic (exact) mass is 319 g/mol. The van der Waals surface area contributed by atoms with Gasteiger partial charge in [0, 0.05) is 6.04 Å². The summed E-state index contributed by atoms with van der Waals surface area (Å²) in [5.41, 5.74) is -0.00200. The highest BCUT2D eigenvalue weighted by Crippen LogP contribution is 2.09. The summed E-state index contributed by atoms with van der Waals surface area (Å²) in [6.07, 6.45) is 3.23. The predicted octanol–water partition coefficient (Wildman–Crippen LogP) is 2.48. The molecule has 0 spiro atoms. The van der Waals surface area contributed by atoms with Gasteiger partial charge in [0.1, 0.15) is 12.4 Å². The quantitative estimate of drug-likeness (QED) is 0.889. The molecule has 6 heteroatoms. The Kier molecular flexibility index (Phi) is 5.47. The lowest BCUT2D eigenvalue weighted by Gasteiger charge is -2.15. The highest BCUT2D eigenvalue weighted by atomic mass is 19.1. The Morgan fingerprint density at radius 3 is 2.74 bits per heavy atom. The molecule has 1 N–H and O–H groups in total. The molecule has 0 saturated carbocycles. The third-order valence-electron chi connectivity index (χ3n) is 3.68. The molecule has 2 rings (SSSR count). The maximum absolute atomic E-state index is 13.3. The van der Waals surface area contributed by atoms with Crippen LogP contribution in [0.25, 0.3) is 10.9 Å². The number of fused-ring (bicyclic) bond motifs is 1. The van der Waals surface area contributed by atoms with Gasteiger partial charge in [-0.15, -0.1) is 0 Å². The summed E-state index contributed by atoms with van der Waals surface area (Å²) in [5.74, 6) is -0.168. The number of nitrogens with one attached hydrogen (secondary N) is 1. The highest BCUT2D eigenvalue weighted by Gasteiger charge is 2.11. The zero-order chi connectivity index (χ0) is 17.0. The Bertz CT molecular complexity index is 755. The van der Waals surface area contributed by atoms with Crippen molar-refractivity contribution in [2.75, 3.05) is 0 Å². The lowest BCUT2D eigenvalue weighted by Crippen LogP contribution is -2.37. The molecule has 1 amide bonds. The van der Waals surface area contributed by atoms with Crippen LogP contribution in [-0.2, 0) is 11.3 Å². The van der Waals surface area contributed by atoms with Crippen molar-refractivity contribution in [1.82, 2.24) is 14.9 Å². The van der Waals surface area contributed by atoms with Gasteiger partial charge < -0.3 is 5.32 Å². The van der Waals surface area contributed by atoms with Crippen LogP contribution >= 0.6 is 0 Å². The molecule has 0 aliphatic rings. The predicted molar refractivity (Wildman–Crippen MR) is 87.6 cm³/mol. The number of hydrogen-bond donors (Lipinski definition) is 1. The van der Waals surface area contributed by atoms with Gasteiger partial charge >= 0.3 is 0 Å². The summed E-state index contributed by atoms with van der Waals surface area (Å²) in [7, 11) is 0. The molecule has 2 aromatic rings. The molecule has 0 radical (unpaired) electrons. The first kappa shape index (κ1) is 17.1. The number of hydrogen-bond acceptors (Lipinski definition) is 3. The van der Waals surface area contributed by atoms with E-state index in [9.17, 15) is 14.0 Å². The van der Waals surface area contributed by atoms with Crippen LogP contribution in [0.5, 0.6) is 0 Å². The summed E-state index contributed by atoms with van der Waals surface area (Å²) in [6, 6.07) is 3.89. The minimum atomic E-state index is -0.499. The molecule has 0 fully saturated rings. The Morgan fingerprint density at radius 1 is 1.30 bits per heavy atom. The largest absolute Gasteiger partial charge is 0.352 e. The van der Waals surface area contributed by atoms with E-state index >= 15 is 0 Å². The van der Waals surface area contributed by atoms with Crippen molar-refractivity contribution in [3.63, 3.8) is 0 Å². The third kappa shape index (κ3) is 4.61. The van der Waals surface area contributed by atoms with E-state index in [1.807, 2.05) is 6.92 Å². The van der Waals surface area contributed by atoms with Gasteiger partial charge in [0.25, 0.3) is 5.56 Å². The molecule has 5 nitrogen and oxygen atoms in total. The molecule has 1 unspecified atom stereocenters. The van der Waals surface area contributed by atoms with Crippen LogP contribution in [0.3, 0.4) is 0 Å². The van der Waals surface area contributed by atoms with Gasteiger partial charge in [-0.3, -0.25) is 14.2 Å². The molecule has 0 bridgehead atoms. The molecule has 1 aromatic heterocycles. The maximum Gasteiger partial charge on any atom is 0.261 e. The van der Waals surface area contributed by atoms with Crippen molar-refractivity contribution in [2.24, 2.45) is 5.92 Å². The molecule has 0 aliphatic heterocycles. The first-order valence-electron chi connectivity index (χ1n) is 7.81. The minimum absolute atomic E-state index is 0.0477. The Hall–Kier alpha value is -2.24. The first-order valence-corrected chi connectivity index (χ1v) is 7.81. The maximum atomic E-state index is 13.3. The fraction of sp³-hybridized carbons (Fsp3) is 0.471. The fourth-order valence-electron chi connectivity index (χ4n) is 2.37. The zero-order valence-electron chi connectivity index (χ0n) is 13.7. The third-order valence-corrected chi connectivity index (χ3v) is 3.68. The number of carbonyl (C=O) groups is 1. The van der Waals surface area contributed by atoms with Crippen LogP contribution in [0, 0.1) is 11.7 Å². The Morgan fingerprint density at radius 2 is 2.04 bits per heavy atom. The van der Waals surface area contributed by atoms with E-state index in [2.05, 4.69) is 24.1 Å². The van der Waals surface area contributed by atoms with Gasteiger partial charge in [-0.2, -0.15) is 0 Å². The molecular weight excluding hydrogens is 297 g/mol. The number of rotatable bonds is 6. The van der Waals surface area contributed by atoms with Gasteiger partial charge in [-0.05, 0) is 43.9 Å². The van der Waals surface area contributed by atoms with Crippen LogP contribution in [0.15, 0.2) is 29.3 Å². The lowest BCUT2D eigenvalue weighted by atomic mass is 10.0. The summed E-state index contributed by atoms with van der Waals surface area (Å²) in [4.78, 5) is 28.4. The Balaban J connectivity index is 2.08. The molecule has 1 atom stereocenters. The normalized spacial score (nSPS) is 12.6. The van der Waals surface area contributed by atoms with Gasteiger partial charge in [-0.1, -0.05) is 13.8 Å². The van der Waals surface area contributed by atoms with Crippen molar-refractivity contribution in [1.29, 1.82) is 0 Å². The summed E-state index contributed by atoms with van der Waals surface area (Å²) >= 11 is 0. The number of aromatic nitrogens is 2. The van der Waals surface area contributed by atoms with Gasteiger partial charge in [0.05, 0.1) is 17.2 Å². The topological polar surface area (TPSA) is 64.0 Å². The van der Waals surface area contributed by atoms with Crippen LogP contribution in [0.4, 0.5) is 4.39 Å². The second kappa shape index (κ2) is 7.35. The van der Waals surface area contributed by atoms with Crippen molar-refractivity contribution < 1.29 is 9.18 Å².